The molecular formula is C9H15O2+. The van der Waals surface area contributed by atoms with Crippen LogP contribution in [0.3, 0.4) is 0 Å². The highest BCUT2D eigenvalue weighted by molar-refractivity contribution is 4.97. The molecule has 1 N–H and O–H groups in total. The third-order valence-electron chi connectivity index (χ3n) is 3.68. The number of rotatable bonds is 0. The second-order valence-electron chi connectivity index (χ2n) is 4.22. The van der Waals surface area contributed by atoms with E-state index in [-0.39, 0.29) is 0 Å². The molecule has 62 valence electrons. The van der Waals surface area contributed by atoms with Gasteiger partial charge in [0, 0.05) is 25.7 Å². The normalized spacial score (nSPS) is 55.4. The monoisotopic (exact) mass is 155 g/mol. The average Bonchev–Trinajstić information content (AvgIpc) is 2.54. The van der Waals surface area contributed by atoms with E-state index in [1.54, 1.807) is 0 Å². The van der Waals surface area contributed by atoms with Gasteiger partial charge < -0.3 is 9.47 Å². The highest BCUT2D eigenvalue weighted by Crippen LogP contribution is 2.54. The molecule has 3 fully saturated rings. The van der Waals surface area contributed by atoms with Gasteiger partial charge in [0.25, 0.3) is 5.79 Å². The van der Waals surface area contributed by atoms with E-state index < -0.39 is 5.79 Å². The zero-order chi connectivity index (χ0) is 7.47. The van der Waals surface area contributed by atoms with Crippen LogP contribution in [0.25, 0.3) is 0 Å². The molecule has 2 atom stereocenters. The third-order valence-corrected chi connectivity index (χ3v) is 3.68. The summed E-state index contributed by atoms with van der Waals surface area (Å²) in [6.45, 7) is 0. The summed E-state index contributed by atoms with van der Waals surface area (Å²) in [5.74, 6) is -0.439. The Bertz CT molecular complexity index is 174. The second kappa shape index (κ2) is 1.80. The minimum absolute atomic E-state index is 0.439. The van der Waals surface area contributed by atoms with Crippen molar-refractivity contribution in [2.24, 2.45) is 0 Å². The summed E-state index contributed by atoms with van der Waals surface area (Å²) < 4.78 is 3.25. The Morgan fingerprint density at radius 1 is 1.00 bits per heavy atom. The van der Waals surface area contributed by atoms with Crippen molar-refractivity contribution in [2.75, 3.05) is 0 Å². The summed E-state index contributed by atoms with van der Waals surface area (Å²) >= 11 is 0. The van der Waals surface area contributed by atoms with Gasteiger partial charge in [-0.2, -0.15) is 0 Å². The van der Waals surface area contributed by atoms with Crippen molar-refractivity contribution in [1.29, 1.82) is 0 Å². The Morgan fingerprint density at radius 2 is 1.55 bits per heavy atom. The maximum atomic E-state index is 10.1. The van der Waals surface area contributed by atoms with Crippen LogP contribution in [0, 0.1) is 0 Å². The van der Waals surface area contributed by atoms with E-state index in [0.717, 1.165) is 12.8 Å². The molecule has 0 bridgehead atoms. The summed E-state index contributed by atoms with van der Waals surface area (Å²) in [6.07, 6.45) is 8.34. The van der Waals surface area contributed by atoms with Crippen molar-refractivity contribution in [2.45, 2.75) is 56.5 Å². The Hall–Kier alpha value is -0.0800. The molecule has 3 saturated heterocycles. The minimum Gasteiger partial charge on any atom is -0.391 e. The lowest BCUT2D eigenvalue weighted by Gasteiger charge is -2.24. The van der Waals surface area contributed by atoms with Gasteiger partial charge in [0.15, 0.2) is 12.2 Å². The van der Waals surface area contributed by atoms with Crippen molar-refractivity contribution < 1.29 is 9.47 Å². The lowest BCUT2D eigenvalue weighted by molar-refractivity contribution is -0.322. The van der Waals surface area contributed by atoms with Crippen LogP contribution in [0.5, 0.6) is 0 Å². The first-order valence-corrected chi connectivity index (χ1v) is 4.74. The van der Waals surface area contributed by atoms with Crippen LogP contribution >= 0.6 is 0 Å². The minimum atomic E-state index is -0.439. The van der Waals surface area contributed by atoms with Crippen LogP contribution in [0.4, 0.5) is 0 Å². The van der Waals surface area contributed by atoms with Crippen LogP contribution in [-0.2, 0) is 4.37 Å². The Morgan fingerprint density at radius 3 is 2.09 bits per heavy atom. The Kier molecular flexibility index (Phi) is 1.06. The maximum absolute atomic E-state index is 10.1. The smallest absolute Gasteiger partial charge is 0.273 e. The van der Waals surface area contributed by atoms with Crippen LogP contribution in [0.2, 0.25) is 0 Å². The van der Waals surface area contributed by atoms with Gasteiger partial charge in [-0.25, -0.2) is 0 Å². The van der Waals surface area contributed by atoms with Crippen LogP contribution in [0.1, 0.15) is 38.5 Å². The quantitative estimate of drug-likeness (QED) is 0.524. The lowest BCUT2D eigenvalue weighted by Crippen LogP contribution is -2.34. The molecule has 0 saturated carbocycles. The zero-order valence-corrected chi connectivity index (χ0v) is 6.75. The second-order valence-corrected chi connectivity index (χ2v) is 4.22. The molecule has 0 aliphatic carbocycles. The predicted molar refractivity (Wildman–Crippen MR) is 41.3 cm³/mol. The van der Waals surface area contributed by atoms with E-state index in [0.29, 0.717) is 12.2 Å². The fourth-order valence-electron chi connectivity index (χ4n) is 3.19. The van der Waals surface area contributed by atoms with Crippen LogP contribution in [0.15, 0.2) is 0 Å². The summed E-state index contributed by atoms with van der Waals surface area (Å²) in [7, 11) is 0. The molecule has 0 aromatic rings. The first-order chi connectivity index (χ1) is 5.30. The average molecular weight is 155 g/mol. The molecule has 0 spiro atoms. The van der Waals surface area contributed by atoms with E-state index in [2.05, 4.69) is 4.37 Å². The van der Waals surface area contributed by atoms with Crippen LogP contribution in [-0.4, -0.2) is 23.1 Å². The van der Waals surface area contributed by atoms with Gasteiger partial charge in [0.05, 0.1) is 12.8 Å². The van der Waals surface area contributed by atoms with Gasteiger partial charge in [-0.05, 0) is 0 Å². The highest BCUT2D eigenvalue weighted by Gasteiger charge is 2.62. The van der Waals surface area contributed by atoms with E-state index in [1.165, 1.54) is 25.7 Å². The van der Waals surface area contributed by atoms with E-state index in [1.807, 2.05) is 0 Å². The molecule has 11 heavy (non-hydrogen) atoms. The Balaban J connectivity index is 2.00. The molecule has 0 radical (unpaired) electrons. The third kappa shape index (κ3) is 0.651. The summed E-state index contributed by atoms with van der Waals surface area (Å²) in [4.78, 5) is 0. The zero-order valence-electron chi connectivity index (χ0n) is 6.75. The highest BCUT2D eigenvalue weighted by atomic mass is 16.8. The molecule has 2 heteroatoms. The van der Waals surface area contributed by atoms with Crippen molar-refractivity contribution in [3.8, 4) is 0 Å². The number of hydrogen-bond acceptors (Lipinski definition) is 1. The molecule has 0 amide bonds. The van der Waals surface area contributed by atoms with E-state index in [4.69, 9.17) is 0 Å². The molecule has 3 heterocycles. The predicted octanol–water partition coefficient (Wildman–Crippen LogP) is 1.35. The van der Waals surface area contributed by atoms with Gasteiger partial charge in [0.1, 0.15) is 0 Å². The summed E-state index contributed by atoms with van der Waals surface area (Å²) in [5, 5.41) is 10.1. The summed E-state index contributed by atoms with van der Waals surface area (Å²) in [6, 6.07) is 0. The fraction of sp³-hybridized carbons (Fsp3) is 1.00. The van der Waals surface area contributed by atoms with Gasteiger partial charge in [-0.3, -0.25) is 0 Å². The van der Waals surface area contributed by atoms with Crippen LogP contribution < -0.4 is 0 Å². The number of hydrogen-bond donors (Lipinski definition) is 1. The maximum Gasteiger partial charge on any atom is 0.273 e. The molecule has 0 aromatic carbocycles. The topological polar surface area (TPSA) is 22.9 Å². The van der Waals surface area contributed by atoms with Crippen molar-refractivity contribution >= 4 is 0 Å². The molecule has 2 unspecified atom stereocenters. The van der Waals surface area contributed by atoms with Gasteiger partial charge in [-0.1, -0.05) is 0 Å². The molecule has 0 aromatic heterocycles. The first-order valence-electron chi connectivity index (χ1n) is 4.74. The van der Waals surface area contributed by atoms with E-state index >= 15 is 0 Å². The van der Waals surface area contributed by atoms with Gasteiger partial charge in [0.2, 0.25) is 0 Å². The van der Waals surface area contributed by atoms with Crippen molar-refractivity contribution in [3.05, 3.63) is 0 Å². The molecular weight excluding hydrogens is 140 g/mol. The molecule has 3 rings (SSSR count). The first kappa shape index (κ1) is 6.44. The summed E-state index contributed by atoms with van der Waals surface area (Å²) in [5.41, 5.74) is 0. The fourth-order valence-corrected chi connectivity index (χ4v) is 3.19. The largest absolute Gasteiger partial charge is 0.391 e. The SMILES string of the molecule is OC12CCC3CCC(CC1)[O+]32. The van der Waals surface area contributed by atoms with Gasteiger partial charge in [-0.15, -0.1) is 0 Å². The molecule has 3 aliphatic rings. The van der Waals surface area contributed by atoms with E-state index in [9.17, 15) is 5.11 Å². The number of aliphatic hydroxyl groups is 1. The van der Waals surface area contributed by atoms with Gasteiger partial charge >= 0.3 is 0 Å². The van der Waals surface area contributed by atoms with Crippen molar-refractivity contribution in [3.63, 3.8) is 0 Å². The lowest BCUT2D eigenvalue weighted by atomic mass is 10.1. The van der Waals surface area contributed by atoms with Crippen molar-refractivity contribution in [1.82, 2.24) is 0 Å². The molecule has 3 aliphatic heterocycles. The molecule has 2 nitrogen and oxygen atoms in total. The Labute approximate surface area is 66.9 Å². The standard InChI is InChI=1S/C9H15O2/c10-9-5-3-7-1-2-8(4-6-9)11(7)9/h7-8,10H,1-6H2/q+1.